The van der Waals surface area contributed by atoms with Crippen molar-refractivity contribution in [2.24, 2.45) is 0 Å². The molecule has 1 saturated heterocycles. The number of hydrogen-bond donors (Lipinski definition) is 3. The summed E-state index contributed by atoms with van der Waals surface area (Å²) in [6, 6.07) is 11.2. The molecular weight excluding hydrogens is 470 g/mol. The lowest BCUT2D eigenvalue weighted by Gasteiger charge is -2.45. The molecular formula is C25H39NO8Si. The van der Waals surface area contributed by atoms with Crippen LogP contribution in [0.5, 0.6) is 0 Å². The maximum atomic E-state index is 12.4. The smallest absolute Gasteiger partial charge is 0.407 e. The Morgan fingerprint density at radius 3 is 2.43 bits per heavy atom. The molecule has 6 atom stereocenters. The maximum absolute atomic E-state index is 12.4. The van der Waals surface area contributed by atoms with Gasteiger partial charge in [-0.05, 0) is 23.7 Å². The van der Waals surface area contributed by atoms with Crippen LogP contribution in [0.1, 0.15) is 46.1 Å². The Balaban J connectivity index is 1.72. The Labute approximate surface area is 208 Å². The fourth-order valence-electron chi connectivity index (χ4n) is 5.06. The summed E-state index contributed by atoms with van der Waals surface area (Å²) in [5.74, 6) is -0.408. The van der Waals surface area contributed by atoms with E-state index in [-0.39, 0.29) is 13.0 Å². The second kappa shape index (κ2) is 11.8. The van der Waals surface area contributed by atoms with Crippen molar-refractivity contribution in [2.45, 2.75) is 101 Å². The first kappa shape index (κ1) is 27.6. The highest BCUT2D eigenvalue weighted by Gasteiger charge is 2.67. The zero-order chi connectivity index (χ0) is 25.6. The van der Waals surface area contributed by atoms with E-state index >= 15 is 0 Å². The van der Waals surface area contributed by atoms with E-state index in [2.05, 4.69) is 26.1 Å². The van der Waals surface area contributed by atoms with Gasteiger partial charge in [0.1, 0.15) is 30.5 Å². The van der Waals surface area contributed by atoms with Crippen molar-refractivity contribution >= 4 is 20.4 Å². The number of aliphatic hydroxyl groups is 2. The van der Waals surface area contributed by atoms with E-state index in [0.29, 0.717) is 6.42 Å². The van der Waals surface area contributed by atoms with Gasteiger partial charge in [0.15, 0.2) is 8.32 Å². The number of carbonyl (C=O) groups is 2. The molecule has 0 unspecified atom stereocenters. The maximum Gasteiger partial charge on any atom is 0.407 e. The van der Waals surface area contributed by atoms with Gasteiger partial charge in [-0.25, -0.2) is 4.79 Å². The van der Waals surface area contributed by atoms with Crippen LogP contribution in [0.15, 0.2) is 30.3 Å². The van der Waals surface area contributed by atoms with Gasteiger partial charge in [0.25, 0.3) is 0 Å². The van der Waals surface area contributed by atoms with E-state index in [1.54, 1.807) is 0 Å². The van der Waals surface area contributed by atoms with E-state index < -0.39 is 63.0 Å². The van der Waals surface area contributed by atoms with Crippen LogP contribution in [0.4, 0.5) is 4.79 Å². The normalized spacial score (nSPS) is 28.5. The molecule has 10 heteroatoms. The Kier molecular flexibility index (Phi) is 9.33. The molecule has 0 spiro atoms. The fraction of sp³-hybridized carbons (Fsp3) is 0.680. The predicted octanol–water partition coefficient (Wildman–Crippen LogP) is 2.89. The van der Waals surface area contributed by atoms with E-state index in [4.69, 9.17) is 18.6 Å². The van der Waals surface area contributed by atoms with E-state index in [1.807, 2.05) is 30.3 Å². The highest BCUT2D eigenvalue weighted by atomic mass is 28.4. The van der Waals surface area contributed by atoms with Gasteiger partial charge in [-0.2, -0.15) is 0 Å². The summed E-state index contributed by atoms with van der Waals surface area (Å²) in [6.07, 6.45) is -2.58. The lowest BCUT2D eigenvalue weighted by Crippen LogP contribution is -2.61. The Morgan fingerprint density at radius 2 is 1.86 bits per heavy atom. The molecule has 1 aliphatic heterocycles. The molecule has 2 fully saturated rings. The van der Waals surface area contributed by atoms with Gasteiger partial charge in [0.2, 0.25) is 0 Å². The number of nitrogens with one attached hydrogen (secondary N) is 1. The standard InChI is InChI=1S/C25H39NO8Si/c1-5-35(6-2,7-3)34-21-13-20(32-17(4)28)22-23(33-22)25(21,30)14-19(15-27)26-24(29)31-16-18-11-9-8-10-12-18/h8-12,19-23,27,30H,5-7,13-16H2,1-4H3,(H,26,29)/t19-,20+,21-,22+,23+,25+/m0/s1. The SMILES string of the molecule is CC[Si](CC)(CC)O[C@H]1C[C@@H](OC(C)=O)[C@H]2O[C@H]2[C@@]1(O)C[C@@H](CO)NC(=O)OCc1ccccc1. The van der Waals surface area contributed by atoms with Crippen LogP contribution in [0.3, 0.4) is 0 Å². The van der Waals surface area contributed by atoms with Crippen LogP contribution in [0.25, 0.3) is 0 Å². The molecule has 1 heterocycles. The number of alkyl carbamates (subject to hydrolysis) is 1. The summed E-state index contributed by atoms with van der Waals surface area (Å²) >= 11 is 0. The number of aliphatic hydroxyl groups excluding tert-OH is 1. The highest BCUT2D eigenvalue weighted by molar-refractivity contribution is 6.73. The lowest BCUT2D eigenvalue weighted by molar-refractivity contribution is -0.156. The molecule has 1 aliphatic carbocycles. The summed E-state index contributed by atoms with van der Waals surface area (Å²) < 4.78 is 23.2. The molecule has 1 aromatic carbocycles. The molecule has 35 heavy (non-hydrogen) atoms. The number of hydrogen-bond acceptors (Lipinski definition) is 8. The summed E-state index contributed by atoms with van der Waals surface area (Å²) in [6.45, 7) is 7.35. The molecule has 1 amide bonds. The first-order chi connectivity index (χ1) is 16.7. The first-order valence-electron chi connectivity index (χ1n) is 12.5. The second-order valence-electron chi connectivity index (χ2n) is 9.54. The molecule has 3 rings (SSSR count). The summed E-state index contributed by atoms with van der Waals surface area (Å²) in [5.41, 5.74) is -0.618. The molecule has 0 radical (unpaired) electrons. The third-order valence-corrected chi connectivity index (χ3v) is 12.0. The topological polar surface area (TPSA) is 127 Å². The van der Waals surface area contributed by atoms with Crippen LogP contribution in [0.2, 0.25) is 18.1 Å². The minimum Gasteiger partial charge on any atom is -0.460 e. The fourth-order valence-corrected chi connectivity index (χ4v) is 7.96. The number of rotatable bonds is 12. The van der Waals surface area contributed by atoms with Crippen molar-refractivity contribution in [3.05, 3.63) is 35.9 Å². The van der Waals surface area contributed by atoms with E-state index in [9.17, 15) is 19.8 Å². The minimum atomic E-state index is -2.15. The number of benzene rings is 1. The van der Waals surface area contributed by atoms with E-state index in [1.165, 1.54) is 6.92 Å². The van der Waals surface area contributed by atoms with Crippen LogP contribution >= 0.6 is 0 Å². The number of amides is 1. The van der Waals surface area contributed by atoms with Gasteiger partial charge in [0.05, 0.1) is 18.8 Å². The Bertz CT molecular complexity index is 843. The zero-order valence-corrected chi connectivity index (χ0v) is 22.1. The second-order valence-corrected chi connectivity index (χ2v) is 14.3. The lowest BCUT2D eigenvalue weighted by atomic mass is 9.77. The quantitative estimate of drug-likeness (QED) is 0.223. The van der Waals surface area contributed by atoms with Crippen molar-refractivity contribution < 1.29 is 38.4 Å². The largest absolute Gasteiger partial charge is 0.460 e. The van der Waals surface area contributed by atoms with Gasteiger partial charge in [-0.15, -0.1) is 0 Å². The number of carbonyl (C=O) groups excluding carboxylic acids is 2. The van der Waals surface area contributed by atoms with Crippen molar-refractivity contribution in [3.8, 4) is 0 Å². The molecule has 3 N–H and O–H groups in total. The zero-order valence-electron chi connectivity index (χ0n) is 21.1. The summed E-state index contributed by atoms with van der Waals surface area (Å²) in [4.78, 5) is 24.0. The van der Waals surface area contributed by atoms with Gasteiger partial charge in [-0.3, -0.25) is 4.79 Å². The Morgan fingerprint density at radius 1 is 1.20 bits per heavy atom. The molecule has 2 aliphatic rings. The predicted molar refractivity (Wildman–Crippen MR) is 131 cm³/mol. The number of fused-ring (bicyclic) bond motifs is 1. The average molecular weight is 510 g/mol. The molecule has 1 saturated carbocycles. The van der Waals surface area contributed by atoms with Crippen molar-refractivity contribution in [3.63, 3.8) is 0 Å². The highest BCUT2D eigenvalue weighted by Crippen LogP contribution is 2.49. The monoisotopic (exact) mass is 509 g/mol. The van der Waals surface area contributed by atoms with Crippen LogP contribution in [-0.4, -0.2) is 73.3 Å². The van der Waals surface area contributed by atoms with Crippen molar-refractivity contribution in [1.82, 2.24) is 5.32 Å². The third-order valence-electron chi connectivity index (χ3n) is 7.36. The summed E-state index contributed by atoms with van der Waals surface area (Å²) in [7, 11) is -2.15. The van der Waals surface area contributed by atoms with Crippen LogP contribution in [-0.2, 0) is 30.0 Å². The molecule has 0 aromatic heterocycles. The molecule has 1 aromatic rings. The van der Waals surface area contributed by atoms with Crippen molar-refractivity contribution in [1.29, 1.82) is 0 Å². The van der Waals surface area contributed by atoms with Crippen LogP contribution < -0.4 is 5.32 Å². The first-order valence-corrected chi connectivity index (χ1v) is 15.0. The number of epoxide rings is 1. The van der Waals surface area contributed by atoms with Gasteiger partial charge >= 0.3 is 12.1 Å². The minimum absolute atomic E-state index is 0.0180. The number of esters is 1. The molecule has 196 valence electrons. The van der Waals surface area contributed by atoms with Gasteiger partial charge < -0.3 is 34.2 Å². The molecule has 0 bridgehead atoms. The summed E-state index contributed by atoms with van der Waals surface area (Å²) in [5, 5.41) is 24.6. The number of ether oxygens (including phenoxy) is 3. The van der Waals surface area contributed by atoms with Gasteiger partial charge in [0, 0.05) is 19.8 Å². The average Bonchev–Trinajstić information content (AvgIpc) is 3.66. The van der Waals surface area contributed by atoms with Crippen LogP contribution in [0, 0.1) is 0 Å². The van der Waals surface area contributed by atoms with E-state index in [0.717, 1.165) is 23.7 Å². The van der Waals surface area contributed by atoms with Gasteiger partial charge in [-0.1, -0.05) is 51.1 Å². The third kappa shape index (κ3) is 6.62. The Hall–Kier alpha value is -1.98. The van der Waals surface area contributed by atoms with Crippen molar-refractivity contribution in [2.75, 3.05) is 6.61 Å². The molecule has 9 nitrogen and oxygen atoms in total.